The number of aromatic nitrogens is 2. The molecule has 0 aliphatic carbocycles. The van der Waals surface area contributed by atoms with Crippen molar-refractivity contribution in [1.29, 1.82) is 0 Å². The maximum atomic E-state index is 11.1. The van der Waals surface area contributed by atoms with Gasteiger partial charge in [0, 0.05) is 24.5 Å². The fraction of sp³-hybridized carbons (Fsp3) is 0.267. The van der Waals surface area contributed by atoms with Crippen LogP contribution >= 0.6 is 0 Å². The fourth-order valence-electron chi connectivity index (χ4n) is 2.04. The first-order valence-electron chi connectivity index (χ1n) is 6.13. The molecule has 1 heterocycles. The minimum absolute atomic E-state index is 0.0151. The Hall–Kier alpha value is -2.23. The lowest BCUT2D eigenvalue weighted by Crippen LogP contribution is -2.10. The van der Waals surface area contributed by atoms with Crippen LogP contribution in [0, 0.1) is 13.8 Å². The first kappa shape index (κ1) is 13.2. The van der Waals surface area contributed by atoms with Gasteiger partial charge in [-0.25, -0.2) is 0 Å². The highest BCUT2D eigenvalue weighted by molar-refractivity contribution is 5.68. The Bertz CT molecular complexity index is 582. The van der Waals surface area contributed by atoms with Crippen molar-refractivity contribution < 1.29 is 9.90 Å². The summed E-state index contributed by atoms with van der Waals surface area (Å²) < 4.78 is 0. The lowest BCUT2D eigenvalue weighted by molar-refractivity contribution is -0.137. The van der Waals surface area contributed by atoms with E-state index in [-0.39, 0.29) is 12.3 Å². The summed E-state index contributed by atoms with van der Waals surface area (Å²) in [6.45, 7) is 4.06. The van der Waals surface area contributed by atoms with Crippen molar-refractivity contribution in [2.24, 2.45) is 0 Å². The molecule has 0 bridgehead atoms. The van der Waals surface area contributed by atoms with Gasteiger partial charge in [0.15, 0.2) is 0 Å². The van der Waals surface area contributed by atoms with E-state index in [4.69, 9.17) is 5.11 Å². The highest BCUT2D eigenvalue weighted by Gasteiger charge is 2.19. The number of aryl methyl sites for hydroxylation is 2. The number of hydrogen-bond donors (Lipinski definition) is 1. The zero-order chi connectivity index (χ0) is 13.8. The number of carbonyl (C=O) groups is 1. The zero-order valence-electron chi connectivity index (χ0n) is 11.0. The molecule has 1 aromatic carbocycles. The van der Waals surface area contributed by atoms with Crippen LogP contribution in [0.15, 0.2) is 36.8 Å². The molecule has 0 radical (unpaired) electrons. The molecular weight excluding hydrogens is 240 g/mol. The van der Waals surface area contributed by atoms with Crippen LogP contribution in [-0.4, -0.2) is 21.0 Å². The third-order valence-electron chi connectivity index (χ3n) is 3.25. The lowest BCUT2D eigenvalue weighted by Gasteiger charge is -2.15. The van der Waals surface area contributed by atoms with Gasteiger partial charge in [0.25, 0.3) is 0 Å². The van der Waals surface area contributed by atoms with Gasteiger partial charge in [0.2, 0.25) is 0 Å². The highest BCUT2D eigenvalue weighted by Crippen LogP contribution is 2.27. The molecule has 0 fully saturated rings. The largest absolute Gasteiger partial charge is 0.481 e. The minimum atomic E-state index is -0.839. The second-order valence-electron chi connectivity index (χ2n) is 4.62. The van der Waals surface area contributed by atoms with Crippen molar-refractivity contribution in [3.8, 4) is 0 Å². The summed E-state index contributed by atoms with van der Waals surface area (Å²) in [7, 11) is 0. The van der Waals surface area contributed by atoms with E-state index in [0.29, 0.717) is 5.69 Å². The second-order valence-corrected chi connectivity index (χ2v) is 4.62. The molecule has 1 N–H and O–H groups in total. The summed E-state index contributed by atoms with van der Waals surface area (Å²) in [6, 6.07) is 6.00. The van der Waals surface area contributed by atoms with Crippen LogP contribution in [-0.2, 0) is 4.79 Å². The van der Waals surface area contributed by atoms with Crippen LogP contribution in [0.5, 0.6) is 0 Å². The van der Waals surface area contributed by atoms with Crippen molar-refractivity contribution in [2.75, 3.05) is 0 Å². The van der Waals surface area contributed by atoms with Crippen molar-refractivity contribution in [1.82, 2.24) is 9.97 Å². The molecule has 98 valence electrons. The standard InChI is InChI=1S/C15H16N2O2/c1-10-3-4-12(7-11(10)2)13(8-15(18)19)14-9-16-5-6-17-14/h3-7,9,13H,8H2,1-2H3,(H,18,19). The number of rotatable bonds is 4. The topological polar surface area (TPSA) is 63.1 Å². The molecule has 0 aliphatic rings. The summed E-state index contributed by atoms with van der Waals surface area (Å²) in [5.41, 5.74) is 3.99. The van der Waals surface area contributed by atoms with E-state index in [1.165, 1.54) is 5.56 Å². The summed E-state index contributed by atoms with van der Waals surface area (Å²) in [4.78, 5) is 19.3. The number of carboxylic acids is 1. The van der Waals surface area contributed by atoms with Crippen LogP contribution in [0.2, 0.25) is 0 Å². The monoisotopic (exact) mass is 256 g/mol. The molecule has 1 unspecified atom stereocenters. The number of nitrogens with zero attached hydrogens (tertiary/aromatic N) is 2. The predicted molar refractivity (Wildman–Crippen MR) is 72.0 cm³/mol. The molecule has 0 spiro atoms. The van der Waals surface area contributed by atoms with Gasteiger partial charge >= 0.3 is 5.97 Å². The van der Waals surface area contributed by atoms with Crippen molar-refractivity contribution in [3.63, 3.8) is 0 Å². The average molecular weight is 256 g/mol. The third-order valence-corrected chi connectivity index (χ3v) is 3.25. The van der Waals surface area contributed by atoms with E-state index >= 15 is 0 Å². The first-order chi connectivity index (χ1) is 9.08. The maximum absolute atomic E-state index is 11.1. The molecule has 0 amide bonds. The van der Waals surface area contributed by atoms with Gasteiger partial charge in [-0.1, -0.05) is 18.2 Å². The first-order valence-corrected chi connectivity index (χ1v) is 6.13. The number of carboxylic acid groups (broad SMARTS) is 1. The summed E-state index contributed by atoms with van der Waals surface area (Å²) in [5, 5.41) is 9.08. The third kappa shape index (κ3) is 3.16. The van der Waals surface area contributed by atoms with E-state index in [0.717, 1.165) is 11.1 Å². The molecule has 0 saturated carbocycles. The van der Waals surface area contributed by atoms with Gasteiger partial charge in [-0.05, 0) is 30.5 Å². The van der Waals surface area contributed by atoms with Gasteiger partial charge in [-0.3, -0.25) is 14.8 Å². The highest BCUT2D eigenvalue weighted by atomic mass is 16.4. The molecule has 0 saturated heterocycles. The van der Waals surface area contributed by atoms with Gasteiger partial charge < -0.3 is 5.11 Å². The molecule has 1 aromatic heterocycles. The molecule has 4 heteroatoms. The molecular formula is C15H16N2O2. The Morgan fingerprint density at radius 3 is 2.63 bits per heavy atom. The van der Waals surface area contributed by atoms with Gasteiger partial charge in [0.1, 0.15) is 0 Å². The van der Waals surface area contributed by atoms with Crippen LogP contribution in [0.1, 0.15) is 34.7 Å². The van der Waals surface area contributed by atoms with Gasteiger partial charge in [0.05, 0.1) is 12.1 Å². The van der Waals surface area contributed by atoms with Crippen LogP contribution < -0.4 is 0 Å². The van der Waals surface area contributed by atoms with E-state index in [1.54, 1.807) is 18.6 Å². The van der Waals surface area contributed by atoms with Crippen molar-refractivity contribution in [2.45, 2.75) is 26.2 Å². The van der Waals surface area contributed by atoms with Crippen molar-refractivity contribution >= 4 is 5.97 Å². The Morgan fingerprint density at radius 1 is 1.26 bits per heavy atom. The van der Waals surface area contributed by atoms with Crippen LogP contribution in [0.25, 0.3) is 0 Å². The average Bonchev–Trinajstić information content (AvgIpc) is 2.40. The van der Waals surface area contributed by atoms with E-state index < -0.39 is 5.97 Å². The van der Waals surface area contributed by atoms with Gasteiger partial charge in [-0.15, -0.1) is 0 Å². The number of benzene rings is 1. The quantitative estimate of drug-likeness (QED) is 0.913. The molecule has 0 aliphatic heterocycles. The summed E-state index contributed by atoms with van der Waals surface area (Å²) in [5.74, 6) is -1.10. The second kappa shape index (κ2) is 5.61. The molecule has 19 heavy (non-hydrogen) atoms. The molecule has 2 rings (SSSR count). The Morgan fingerprint density at radius 2 is 2.05 bits per heavy atom. The predicted octanol–water partition coefficient (Wildman–Crippen LogP) is 2.70. The van der Waals surface area contributed by atoms with Gasteiger partial charge in [-0.2, -0.15) is 0 Å². The van der Waals surface area contributed by atoms with Crippen LogP contribution in [0.4, 0.5) is 0 Å². The SMILES string of the molecule is Cc1ccc(C(CC(=O)O)c2cnccn2)cc1C. The Balaban J connectivity index is 2.42. The Labute approximate surface area is 112 Å². The Kier molecular flexibility index (Phi) is 3.90. The number of hydrogen-bond acceptors (Lipinski definition) is 3. The van der Waals surface area contributed by atoms with E-state index in [2.05, 4.69) is 9.97 Å². The molecule has 2 aromatic rings. The minimum Gasteiger partial charge on any atom is -0.481 e. The lowest BCUT2D eigenvalue weighted by atomic mass is 9.90. The van der Waals surface area contributed by atoms with Crippen LogP contribution in [0.3, 0.4) is 0 Å². The summed E-state index contributed by atoms with van der Waals surface area (Å²) in [6.07, 6.45) is 4.82. The molecule has 1 atom stereocenters. The summed E-state index contributed by atoms with van der Waals surface area (Å²) >= 11 is 0. The smallest absolute Gasteiger partial charge is 0.304 e. The normalized spacial score (nSPS) is 12.1. The van der Waals surface area contributed by atoms with Crippen molar-refractivity contribution in [3.05, 3.63) is 59.2 Å². The van der Waals surface area contributed by atoms with E-state index in [9.17, 15) is 4.79 Å². The molecule has 4 nitrogen and oxygen atoms in total. The fourth-order valence-corrected chi connectivity index (χ4v) is 2.04. The number of aliphatic carboxylic acids is 1. The zero-order valence-corrected chi connectivity index (χ0v) is 11.0. The van der Waals surface area contributed by atoms with E-state index in [1.807, 2.05) is 32.0 Å². The maximum Gasteiger partial charge on any atom is 0.304 e.